The van der Waals surface area contributed by atoms with E-state index in [9.17, 15) is 9.59 Å². The number of amides is 2. The summed E-state index contributed by atoms with van der Waals surface area (Å²) >= 11 is 0. The van der Waals surface area contributed by atoms with E-state index in [-0.39, 0.29) is 18.4 Å². The second kappa shape index (κ2) is 8.47. The molecule has 1 fully saturated rings. The molecule has 3 rings (SSSR count). The summed E-state index contributed by atoms with van der Waals surface area (Å²) in [5.74, 6) is 0.630. The van der Waals surface area contributed by atoms with Crippen LogP contribution in [0.25, 0.3) is 0 Å². The summed E-state index contributed by atoms with van der Waals surface area (Å²) in [7, 11) is 0. The summed E-state index contributed by atoms with van der Waals surface area (Å²) in [5.41, 5.74) is 1.72. The number of nitrogens with zero attached hydrogens (tertiary/aromatic N) is 3. The van der Waals surface area contributed by atoms with E-state index in [1.807, 2.05) is 31.2 Å². The van der Waals surface area contributed by atoms with E-state index in [0.717, 1.165) is 12.0 Å². The molecule has 0 aliphatic carbocycles. The maximum absolute atomic E-state index is 12.5. The van der Waals surface area contributed by atoms with Crippen LogP contribution in [0.4, 0.5) is 0 Å². The van der Waals surface area contributed by atoms with E-state index in [2.05, 4.69) is 4.98 Å². The van der Waals surface area contributed by atoms with Crippen LogP contribution in [0.5, 0.6) is 5.75 Å². The zero-order valence-corrected chi connectivity index (χ0v) is 14.9. The van der Waals surface area contributed by atoms with Crippen molar-refractivity contribution in [1.29, 1.82) is 0 Å². The Morgan fingerprint density at radius 2 is 1.77 bits per heavy atom. The minimum absolute atomic E-state index is 0.0156. The molecule has 0 atom stereocenters. The second-order valence-corrected chi connectivity index (χ2v) is 6.37. The number of carbonyl (C=O) groups excluding carboxylic acids is 2. The van der Waals surface area contributed by atoms with E-state index >= 15 is 0 Å². The van der Waals surface area contributed by atoms with Crippen molar-refractivity contribution < 1.29 is 14.3 Å². The van der Waals surface area contributed by atoms with E-state index in [4.69, 9.17) is 4.74 Å². The lowest BCUT2D eigenvalue weighted by atomic mass is 10.2. The highest BCUT2D eigenvalue weighted by Gasteiger charge is 2.23. The minimum Gasteiger partial charge on any atom is -0.484 e. The molecule has 1 aromatic heterocycles. The topological polar surface area (TPSA) is 62.7 Å². The molecule has 1 saturated heterocycles. The maximum Gasteiger partial charge on any atom is 0.260 e. The number of benzene rings is 1. The van der Waals surface area contributed by atoms with Crippen LogP contribution in [0.1, 0.15) is 22.3 Å². The Hall–Kier alpha value is -2.89. The van der Waals surface area contributed by atoms with Gasteiger partial charge >= 0.3 is 0 Å². The lowest BCUT2D eigenvalue weighted by Crippen LogP contribution is -2.39. The van der Waals surface area contributed by atoms with Crippen molar-refractivity contribution in [2.75, 3.05) is 32.8 Å². The molecule has 0 N–H and O–H groups in total. The van der Waals surface area contributed by atoms with Gasteiger partial charge in [-0.3, -0.25) is 14.6 Å². The fourth-order valence-electron chi connectivity index (χ4n) is 2.99. The number of ether oxygens (including phenoxy) is 1. The van der Waals surface area contributed by atoms with Gasteiger partial charge in [-0.2, -0.15) is 0 Å². The normalized spacial score (nSPS) is 14.7. The van der Waals surface area contributed by atoms with Crippen LogP contribution in [0.15, 0.2) is 48.8 Å². The molecule has 26 heavy (non-hydrogen) atoms. The van der Waals surface area contributed by atoms with Gasteiger partial charge in [-0.1, -0.05) is 12.1 Å². The number of aryl methyl sites for hydroxylation is 1. The van der Waals surface area contributed by atoms with Gasteiger partial charge < -0.3 is 14.5 Å². The first-order valence-electron chi connectivity index (χ1n) is 8.80. The molecule has 0 spiro atoms. The quantitative estimate of drug-likeness (QED) is 0.845. The molecule has 2 heterocycles. The monoisotopic (exact) mass is 353 g/mol. The molecule has 0 saturated carbocycles. The van der Waals surface area contributed by atoms with Crippen LogP contribution in [0.3, 0.4) is 0 Å². The Kier molecular flexibility index (Phi) is 5.84. The molecule has 0 unspecified atom stereocenters. The smallest absolute Gasteiger partial charge is 0.260 e. The lowest BCUT2D eigenvalue weighted by molar-refractivity contribution is -0.133. The zero-order chi connectivity index (χ0) is 18.4. The third kappa shape index (κ3) is 4.59. The molecule has 136 valence electrons. The molecule has 6 nitrogen and oxygen atoms in total. The van der Waals surface area contributed by atoms with Gasteiger partial charge in [0.15, 0.2) is 6.61 Å². The number of pyridine rings is 1. The first-order chi connectivity index (χ1) is 12.6. The molecule has 6 heteroatoms. The summed E-state index contributed by atoms with van der Waals surface area (Å²) < 4.78 is 5.61. The van der Waals surface area contributed by atoms with Crippen molar-refractivity contribution in [2.45, 2.75) is 13.3 Å². The molecular weight excluding hydrogens is 330 g/mol. The van der Waals surface area contributed by atoms with Crippen molar-refractivity contribution >= 4 is 11.8 Å². The standard InChI is InChI=1S/C20H23N3O3/c1-16-4-2-5-18(14-16)26-15-19(24)22-10-3-11-23(13-12-22)20(25)17-6-8-21-9-7-17/h2,4-9,14H,3,10-13,15H2,1H3. The minimum atomic E-state index is -0.0512. The van der Waals surface area contributed by atoms with E-state index in [1.165, 1.54) is 0 Å². The molecule has 2 amide bonds. The van der Waals surface area contributed by atoms with Gasteiger partial charge in [-0.15, -0.1) is 0 Å². The predicted octanol–water partition coefficient (Wildman–Crippen LogP) is 2.14. The summed E-state index contributed by atoms with van der Waals surface area (Å²) in [4.78, 5) is 32.5. The molecule has 1 aliphatic rings. The van der Waals surface area contributed by atoms with E-state index in [1.54, 1.807) is 34.3 Å². The molecular formula is C20H23N3O3. The van der Waals surface area contributed by atoms with Gasteiger partial charge in [0.25, 0.3) is 11.8 Å². The fourth-order valence-corrected chi connectivity index (χ4v) is 2.99. The number of hydrogen-bond acceptors (Lipinski definition) is 4. The average Bonchev–Trinajstić information content (AvgIpc) is 2.92. The highest BCUT2D eigenvalue weighted by molar-refractivity contribution is 5.94. The largest absolute Gasteiger partial charge is 0.484 e. The van der Waals surface area contributed by atoms with Crippen LogP contribution in [-0.2, 0) is 4.79 Å². The molecule has 1 aliphatic heterocycles. The zero-order valence-electron chi connectivity index (χ0n) is 14.9. The highest BCUT2D eigenvalue weighted by Crippen LogP contribution is 2.13. The Bertz CT molecular complexity index is 764. The van der Waals surface area contributed by atoms with Crippen LogP contribution in [-0.4, -0.2) is 59.4 Å². The van der Waals surface area contributed by atoms with Crippen LogP contribution in [0.2, 0.25) is 0 Å². The number of rotatable bonds is 4. The van der Waals surface area contributed by atoms with E-state index in [0.29, 0.717) is 37.5 Å². The third-order valence-corrected chi connectivity index (χ3v) is 4.41. The Morgan fingerprint density at radius 1 is 1.04 bits per heavy atom. The van der Waals surface area contributed by atoms with Crippen molar-refractivity contribution in [3.8, 4) is 5.75 Å². The van der Waals surface area contributed by atoms with Crippen molar-refractivity contribution in [3.05, 3.63) is 59.9 Å². The third-order valence-electron chi connectivity index (χ3n) is 4.41. The Morgan fingerprint density at radius 3 is 2.54 bits per heavy atom. The van der Waals surface area contributed by atoms with Crippen molar-refractivity contribution in [2.24, 2.45) is 0 Å². The Balaban J connectivity index is 1.53. The fraction of sp³-hybridized carbons (Fsp3) is 0.350. The molecule has 2 aromatic rings. The predicted molar refractivity (Wildman–Crippen MR) is 98.0 cm³/mol. The van der Waals surface area contributed by atoms with Gasteiger partial charge in [-0.05, 0) is 43.2 Å². The Labute approximate surface area is 153 Å². The van der Waals surface area contributed by atoms with Crippen molar-refractivity contribution in [3.63, 3.8) is 0 Å². The number of aromatic nitrogens is 1. The SMILES string of the molecule is Cc1cccc(OCC(=O)N2CCCN(C(=O)c3ccncc3)CC2)c1. The van der Waals surface area contributed by atoms with Gasteiger partial charge in [0.1, 0.15) is 5.75 Å². The molecule has 0 radical (unpaired) electrons. The second-order valence-electron chi connectivity index (χ2n) is 6.37. The summed E-state index contributed by atoms with van der Waals surface area (Å²) in [5, 5.41) is 0. The maximum atomic E-state index is 12.5. The molecule has 1 aromatic carbocycles. The number of carbonyl (C=O) groups is 2. The van der Waals surface area contributed by atoms with Gasteiger partial charge in [0.05, 0.1) is 0 Å². The lowest BCUT2D eigenvalue weighted by Gasteiger charge is -2.22. The first-order valence-corrected chi connectivity index (χ1v) is 8.80. The van der Waals surface area contributed by atoms with Crippen LogP contribution in [0, 0.1) is 6.92 Å². The summed E-state index contributed by atoms with van der Waals surface area (Å²) in [6.45, 7) is 4.32. The first kappa shape index (κ1) is 17.9. The highest BCUT2D eigenvalue weighted by atomic mass is 16.5. The van der Waals surface area contributed by atoms with Gasteiger partial charge in [0, 0.05) is 44.1 Å². The van der Waals surface area contributed by atoms with Crippen molar-refractivity contribution in [1.82, 2.24) is 14.8 Å². The molecule has 0 bridgehead atoms. The summed E-state index contributed by atoms with van der Waals surface area (Å²) in [6, 6.07) is 11.1. The number of hydrogen-bond donors (Lipinski definition) is 0. The van der Waals surface area contributed by atoms with Crippen LogP contribution < -0.4 is 4.74 Å². The van der Waals surface area contributed by atoms with Crippen LogP contribution >= 0.6 is 0 Å². The van der Waals surface area contributed by atoms with E-state index < -0.39 is 0 Å². The summed E-state index contributed by atoms with van der Waals surface area (Å²) in [6.07, 6.45) is 3.99. The van der Waals surface area contributed by atoms with Gasteiger partial charge in [-0.25, -0.2) is 0 Å². The average molecular weight is 353 g/mol. The van der Waals surface area contributed by atoms with Gasteiger partial charge in [0.2, 0.25) is 0 Å².